The van der Waals surface area contributed by atoms with Crippen LogP contribution in [0.2, 0.25) is 0 Å². The van der Waals surface area contributed by atoms with Gasteiger partial charge in [0.1, 0.15) is 5.82 Å². The molecule has 0 fully saturated rings. The van der Waals surface area contributed by atoms with E-state index in [1.165, 1.54) is 23.3 Å². The summed E-state index contributed by atoms with van der Waals surface area (Å²) in [6.07, 6.45) is 0.902. The average molecular weight is 285 g/mol. The number of halogens is 1. The summed E-state index contributed by atoms with van der Waals surface area (Å²) < 4.78 is 14.0. The first-order valence-corrected chi connectivity index (χ1v) is 6.83. The van der Waals surface area contributed by atoms with Crippen molar-refractivity contribution in [1.29, 1.82) is 0 Å². The summed E-state index contributed by atoms with van der Waals surface area (Å²) in [4.78, 5) is 11.0. The molecule has 0 radical (unpaired) electrons. The number of fused-ring (bicyclic) bond motifs is 1. The highest BCUT2D eigenvalue weighted by Crippen LogP contribution is 2.27. The van der Waals surface area contributed by atoms with Gasteiger partial charge >= 0.3 is 0 Å². The first-order chi connectivity index (χ1) is 10.1. The van der Waals surface area contributed by atoms with Gasteiger partial charge in [-0.3, -0.25) is 4.79 Å². The second-order valence-electron chi connectivity index (χ2n) is 5.05. The molecule has 1 heterocycles. The van der Waals surface area contributed by atoms with Gasteiger partial charge in [0.2, 0.25) is 5.91 Å². The number of nitrogens with one attached hydrogen (secondary N) is 2. The van der Waals surface area contributed by atoms with E-state index in [0.717, 1.165) is 31.3 Å². The molecular weight excluding hydrogens is 269 g/mol. The molecule has 108 valence electrons. The van der Waals surface area contributed by atoms with Gasteiger partial charge in [0, 0.05) is 17.8 Å². The summed E-state index contributed by atoms with van der Waals surface area (Å²) >= 11 is 0. The number of carbonyl (C=O) groups is 1. The number of nitrogens with two attached hydrogens (primary N) is 1. The summed E-state index contributed by atoms with van der Waals surface area (Å²) in [5.74, 6) is -1.12. The van der Waals surface area contributed by atoms with Gasteiger partial charge in [0.25, 0.3) is 0 Å². The number of carbonyl (C=O) groups excluding carboxylic acids is 1. The SMILES string of the molecule is NC(=O)c1ccc(Nc2cccc3c2CCNC3)c(F)c1. The van der Waals surface area contributed by atoms with Crippen LogP contribution >= 0.6 is 0 Å². The topological polar surface area (TPSA) is 67.2 Å². The fourth-order valence-corrected chi connectivity index (χ4v) is 2.56. The van der Waals surface area contributed by atoms with E-state index in [0.29, 0.717) is 5.69 Å². The van der Waals surface area contributed by atoms with Crippen molar-refractivity contribution in [3.63, 3.8) is 0 Å². The Kier molecular flexibility index (Phi) is 3.58. The van der Waals surface area contributed by atoms with Crippen LogP contribution in [0, 0.1) is 5.82 Å². The molecule has 0 atom stereocenters. The molecule has 0 unspecified atom stereocenters. The van der Waals surface area contributed by atoms with Crippen LogP contribution < -0.4 is 16.4 Å². The lowest BCUT2D eigenvalue weighted by Crippen LogP contribution is -2.24. The summed E-state index contributed by atoms with van der Waals surface area (Å²) in [6, 6.07) is 10.2. The third-order valence-corrected chi connectivity index (χ3v) is 3.66. The Morgan fingerprint density at radius 3 is 2.86 bits per heavy atom. The van der Waals surface area contributed by atoms with Crippen LogP contribution in [0.25, 0.3) is 0 Å². The lowest BCUT2D eigenvalue weighted by atomic mass is 9.99. The molecule has 0 saturated carbocycles. The van der Waals surface area contributed by atoms with Crippen molar-refractivity contribution in [3.8, 4) is 0 Å². The van der Waals surface area contributed by atoms with E-state index in [1.54, 1.807) is 0 Å². The van der Waals surface area contributed by atoms with Crippen molar-refractivity contribution in [1.82, 2.24) is 5.32 Å². The predicted octanol–water partition coefficient (Wildman–Crippen LogP) is 2.31. The molecule has 5 heteroatoms. The largest absolute Gasteiger partial charge is 0.366 e. The summed E-state index contributed by atoms with van der Waals surface area (Å²) in [7, 11) is 0. The number of rotatable bonds is 3. The van der Waals surface area contributed by atoms with Gasteiger partial charge in [-0.15, -0.1) is 0 Å². The summed E-state index contributed by atoms with van der Waals surface area (Å²) in [6.45, 7) is 1.74. The van der Waals surface area contributed by atoms with E-state index >= 15 is 0 Å². The lowest BCUT2D eigenvalue weighted by molar-refractivity contribution is 0.1000. The highest BCUT2D eigenvalue weighted by atomic mass is 19.1. The van der Waals surface area contributed by atoms with Crippen molar-refractivity contribution in [2.75, 3.05) is 11.9 Å². The van der Waals surface area contributed by atoms with Crippen LogP contribution in [0.15, 0.2) is 36.4 Å². The third kappa shape index (κ3) is 2.73. The first-order valence-electron chi connectivity index (χ1n) is 6.83. The van der Waals surface area contributed by atoms with Gasteiger partial charge in [-0.05, 0) is 48.4 Å². The molecule has 0 aromatic heterocycles. The number of hydrogen-bond acceptors (Lipinski definition) is 3. The second kappa shape index (κ2) is 5.54. The molecule has 1 aliphatic heterocycles. The molecule has 4 nitrogen and oxygen atoms in total. The number of hydrogen-bond donors (Lipinski definition) is 3. The zero-order chi connectivity index (χ0) is 14.8. The first kappa shape index (κ1) is 13.6. The van der Waals surface area contributed by atoms with Crippen LogP contribution in [0.3, 0.4) is 0 Å². The molecule has 0 aliphatic carbocycles. The second-order valence-corrected chi connectivity index (χ2v) is 5.05. The van der Waals surface area contributed by atoms with Crippen molar-refractivity contribution in [3.05, 3.63) is 58.9 Å². The zero-order valence-corrected chi connectivity index (χ0v) is 11.4. The van der Waals surface area contributed by atoms with Gasteiger partial charge < -0.3 is 16.4 Å². The van der Waals surface area contributed by atoms with Gasteiger partial charge in [-0.2, -0.15) is 0 Å². The average Bonchev–Trinajstić information content (AvgIpc) is 2.49. The van der Waals surface area contributed by atoms with Gasteiger partial charge in [-0.1, -0.05) is 12.1 Å². The van der Waals surface area contributed by atoms with Gasteiger partial charge in [0.15, 0.2) is 0 Å². The fourth-order valence-electron chi connectivity index (χ4n) is 2.56. The molecule has 3 rings (SSSR count). The monoisotopic (exact) mass is 285 g/mol. The molecule has 2 aromatic rings. The van der Waals surface area contributed by atoms with Crippen molar-refractivity contribution >= 4 is 17.3 Å². The molecule has 0 bridgehead atoms. The highest BCUT2D eigenvalue weighted by molar-refractivity contribution is 5.93. The minimum atomic E-state index is -0.636. The number of amides is 1. The van der Waals surface area contributed by atoms with Crippen molar-refractivity contribution < 1.29 is 9.18 Å². The lowest BCUT2D eigenvalue weighted by Gasteiger charge is -2.21. The molecule has 21 heavy (non-hydrogen) atoms. The van der Waals surface area contributed by atoms with Crippen LogP contribution in [-0.2, 0) is 13.0 Å². The number of primary amides is 1. The van der Waals surface area contributed by atoms with E-state index in [-0.39, 0.29) is 5.56 Å². The van der Waals surface area contributed by atoms with E-state index in [2.05, 4.69) is 16.7 Å². The maximum Gasteiger partial charge on any atom is 0.248 e. The Bertz CT molecular complexity index is 700. The van der Waals surface area contributed by atoms with E-state index < -0.39 is 11.7 Å². The molecule has 1 amide bonds. The van der Waals surface area contributed by atoms with E-state index in [4.69, 9.17) is 5.73 Å². The Balaban J connectivity index is 1.92. The van der Waals surface area contributed by atoms with Crippen LogP contribution in [0.5, 0.6) is 0 Å². The maximum atomic E-state index is 14.0. The number of benzene rings is 2. The third-order valence-electron chi connectivity index (χ3n) is 3.66. The minimum Gasteiger partial charge on any atom is -0.366 e. The smallest absolute Gasteiger partial charge is 0.248 e. The quantitative estimate of drug-likeness (QED) is 0.810. The normalized spacial score (nSPS) is 13.6. The van der Waals surface area contributed by atoms with E-state index in [9.17, 15) is 9.18 Å². The molecule has 0 spiro atoms. The Morgan fingerprint density at radius 2 is 2.10 bits per heavy atom. The van der Waals surface area contributed by atoms with Gasteiger partial charge in [0.05, 0.1) is 5.69 Å². The summed E-state index contributed by atoms with van der Waals surface area (Å²) in [5, 5.41) is 6.42. The maximum absolute atomic E-state index is 14.0. The zero-order valence-electron chi connectivity index (χ0n) is 11.4. The molecule has 0 saturated heterocycles. The number of anilines is 2. The molecule has 2 aromatic carbocycles. The minimum absolute atomic E-state index is 0.164. The van der Waals surface area contributed by atoms with E-state index in [1.807, 2.05) is 12.1 Å². The molecule has 4 N–H and O–H groups in total. The Morgan fingerprint density at radius 1 is 1.24 bits per heavy atom. The van der Waals surface area contributed by atoms with Crippen molar-refractivity contribution in [2.45, 2.75) is 13.0 Å². The van der Waals surface area contributed by atoms with Gasteiger partial charge in [-0.25, -0.2) is 4.39 Å². The molecular formula is C16H16FN3O. The van der Waals surface area contributed by atoms with Crippen LogP contribution in [-0.4, -0.2) is 12.5 Å². The van der Waals surface area contributed by atoms with Crippen LogP contribution in [0.1, 0.15) is 21.5 Å². The molecule has 1 aliphatic rings. The standard InChI is InChI=1S/C16H16FN3O/c17-13-8-10(16(18)21)4-5-15(13)20-14-3-1-2-11-9-19-7-6-12(11)14/h1-5,8,19-20H,6-7,9H2,(H2,18,21). The highest BCUT2D eigenvalue weighted by Gasteiger charge is 2.14. The van der Waals surface area contributed by atoms with Crippen molar-refractivity contribution in [2.24, 2.45) is 5.73 Å². The Labute approximate surface area is 122 Å². The Hall–Kier alpha value is -2.40. The fraction of sp³-hybridized carbons (Fsp3) is 0.188. The summed E-state index contributed by atoms with van der Waals surface area (Å²) in [5.41, 5.74) is 8.98. The predicted molar refractivity (Wildman–Crippen MR) is 80.1 cm³/mol. The van der Waals surface area contributed by atoms with Crippen LogP contribution in [0.4, 0.5) is 15.8 Å².